The van der Waals surface area contributed by atoms with Gasteiger partial charge in [0.15, 0.2) is 11.5 Å². The smallest absolute Gasteiger partial charge is 0.412 e. The lowest BCUT2D eigenvalue weighted by atomic mass is 9.98. The van der Waals surface area contributed by atoms with Crippen LogP contribution in [0.3, 0.4) is 0 Å². The minimum absolute atomic E-state index is 0.0321. The fourth-order valence-electron chi connectivity index (χ4n) is 3.34. The first-order valence-electron chi connectivity index (χ1n) is 8.42. The normalized spacial score (nSPS) is 12.2. The number of carboxylic acids is 1. The molecule has 3 aromatic rings. The third-order valence-electron chi connectivity index (χ3n) is 4.56. The molecule has 28 heavy (non-hydrogen) atoms. The zero-order valence-corrected chi connectivity index (χ0v) is 16.0. The molecular weight excluding hydrogens is 426 g/mol. The Labute approximate surface area is 168 Å². The Hall–Kier alpha value is -3.26. The van der Waals surface area contributed by atoms with Gasteiger partial charge in [-0.3, -0.25) is 5.32 Å². The van der Waals surface area contributed by atoms with Gasteiger partial charge in [0.1, 0.15) is 12.9 Å². The Kier molecular flexibility index (Phi) is 4.79. The molecule has 1 aliphatic rings. The number of carboxylic acid groups (broad SMARTS) is 1. The number of aromatic nitrogens is 2. The lowest BCUT2D eigenvalue weighted by Gasteiger charge is -2.14. The highest BCUT2D eigenvalue weighted by atomic mass is 79.9. The second kappa shape index (κ2) is 7.40. The minimum Gasteiger partial charge on any atom is -0.476 e. The quantitative estimate of drug-likeness (QED) is 0.628. The molecule has 0 aliphatic heterocycles. The number of hydrogen-bond donors (Lipinski definition) is 2. The number of hydrogen-bond acceptors (Lipinski definition) is 5. The summed E-state index contributed by atoms with van der Waals surface area (Å²) in [6, 6.07) is 16.1. The van der Waals surface area contributed by atoms with Crippen molar-refractivity contribution >= 4 is 33.8 Å². The maximum atomic E-state index is 12.3. The molecule has 0 saturated carbocycles. The summed E-state index contributed by atoms with van der Waals surface area (Å²) < 4.78 is 5.50. The Balaban J connectivity index is 1.50. The molecule has 0 atom stereocenters. The van der Waals surface area contributed by atoms with Crippen molar-refractivity contribution in [2.24, 2.45) is 0 Å². The zero-order chi connectivity index (χ0) is 19.7. The summed E-state index contributed by atoms with van der Waals surface area (Å²) in [4.78, 5) is 30.9. The number of carbonyl (C=O) groups excluding carboxylic acids is 1. The Bertz CT molecular complexity index is 1040. The fourth-order valence-corrected chi connectivity index (χ4v) is 3.81. The first-order chi connectivity index (χ1) is 13.6. The summed E-state index contributed by atoms with van der Waals surface area (Å²) in [5.74, 6) is -1.27. The van der Waals surface area contributed by atoms with E-state index in [-0.39, 0.29) is 28.5 Å². The largest absolute Gasteiger partial charge is 0.476 e. The van der Waals surface area contributed by atoms with E-state index in [0.29, 0.717) is 0 Å². The number of aromatic carboxylic acids is 1. The average Bonchev–Trinajstić information content (AvgIpc) is 3.02. The van der Waals surface area contributed by atoms with E-state index in [0.717, 1.165) is 28.6 Å². The molecule has 0 unspecified atom stereocenters. The highest BCUT2D eigenvalue weighted by molar-refractivity contribution is 9.10. The van der Waals surface area contributed by atoms with Crippen molar-refractivity contribution in [2.45, 2.75) is 5.92 Å². The molecule has 0 bridgehead atoms. The van der Waals surface area contributed by atoms with Gasteiger partial charge in [0.05, 0.1) is 4.47 Å². The number of ether oxygens (including phenoxy) is 1. The molecule has 1 heterocycles. The predicted octanol–water partition coefficient (Wildman–Crippen LogP) is 4.30. The molecule has 0 spiro atoms. The van der Waals surface area contributed by atoms with Crippen LogP contribution in [0.4, 0.5) is 10.6 Å². The van der Waals surface area contributed by atoms with Gasteiger partial charge in [0.2, 0.25) is 0 Å². The topological polar surface area (TPSA) is 101 Å². The van der Waals surface area contributed by atoms with Crippen molar-refractivity contribution in [3.05, 3.63) is 76.2 Å². The van der Waals surface area contributed by atoms with Gasteiger partial charge in [-0.15, -0.1) is 0 Å². The SMILES string of the molecule is O=C(Nc1ncnc(C(=O)O)c1Br)OCC1c2ccccc2-c2ccccc21. The van der Waals surface area contributed by atoms with Crippen LogP contribution in [0, 0.1) is 0 Å². The maximum Gasteiger partial charge on any atom is 0.412 e. The van der Waals surface area contributed by atoms with E-state index in [4.69, 9.17) is 9.84 Å². The summed E-state index contributed by atoms with van der Waals surface area (Å²) in [6.45, 7) is 0.147. The molecule has 0 radical (unpaired) electrons. The van der Waals surface area contributed by atoms with Crippen molar-refractivity contribution in [3.8, 4) is 11.1 Å². The fraction of sp³-hybridized carbons (Fsp3) is 0.100. The zero-order valence-electron chi connectivity index (χ0n) is 14.4. The average molecular weight is 440 g/mol. The van der Waals surface area contributed by atoms with Gasteiger partial charge in [-0.1, -0.05) is 48.5 Å². The highest BCUT2D eigenvalue weighted by Gasteiger charge is 2.29. The molecule has 0 saturated heterocycles. The maximum absolute atomic E-state index is 12.3. The van der Waals surface area contributed by atoms with Crippen LogP contribution in [-0.2, 0) is 4.74 Å². The molecule has 4 rings (SSSR count). The first-order valence-corrected chi connectivity index (χ1v) is 9.21. The van der Waals surface area contributed by atoms with Crippen LogP contribution >= 0.6 is 15.9 Å². The standard InChI is InChI=1S/C20H14BrN3O4/c21-16-17(19(25)26)22-10-23-18(16)24-20(27)28-9-15-13-7-3-1-5-11(13)12-6-2-4-8-14(12)15/h1-8,10,15H,9H2,(H,25,26)(H,22,23,24,27). The van der Waals surface area contributed by atoms with E-state index >= 15 is 0 Å². The number of fused-ring (bicyclic) bond motifs is 3. The molecule has 1 aliphatic carbocycles. The number of nitrogens with zero attached hydrogens (tertiary/aromatic N) is 2. The third kappa shape index (κ3) is 3.22. The molecule has 0 fully saturated rings. The summed E-state index contributed by atoms with van der Waals surface area (Å²) >= 11 is 3.09. The van der Waals surface area contributed by atoms with Gasteiger partial charge in [-0.05, 0) is 38.2 Å². The Morgan fingerprint density at radius 3 is 2.25 bits per heavy atom. The second-order valence-electron chi connectivity index (χ2n) is 6.14. The molecular formula is C20H14BrN3O4. The predicted molar refractivity (Wildman–Crippen MR) is 105 cm³/mol. The molecule has 8 heteroatoms. The second-order valence-corrected chi connectivity index (χ2v) is 6.93. The van der Waals surface area contributed by atoms with E-state index in [9.17, 15) is 9.59 Å². The van der Waals surface area contributed by atoms with Gasteiger partial charge >= 0.3 is 12.1 Å². The van der Waals surface area contributed by atoms with E-state index < -0.39 is 12.1 Å². The summed E-state index contributed by atoms with van der Waals surface area (Å²) in [5.41, 5.74) is 4.23. The lowest BCUT2D eigenvalue weighted by Crippen LogP contribution is -2.19. The van der Waals surface area contributed by atoms with Crippen LogP contribution in [-0.4, -0.2) is 33.7 Å². The van der Waals surface area contributed by atoms with E-state index in [1.165, 1.54) is 0 Å². The van der Waals surface area contributed by atoms with E-state index in [1.807, 2.05) is 36.4 Å². The molecule has 1 amide bonds. The van der Waals surface area contributed by atoms with Gasteiger partial charge in [-0.2, -0.15) is 0 Å². The number of halogens is 1. The van der Waals surface area contributed by atoms with Crippen molar-refractivity contribution in [1.82, 2.24) is 9.97 Å². The van der Waals surface area contributed by atoms with Crippen LogP contribution in [0.15, 0.2) is 59.3 Å². The summed E-state index contributed by atoms with van der Waals surface area (Å²) in [5, 5.41) is 11.5. The van der Waals surface area contributed by atoms with Crippen LogP contribution < -0.4 is 5.32 Å². The van der Waals surface area contributed by atoms with Gasteiger partial charge in [0.25, 0.3) is 0 Å². The number of benzene rings is 2. The number of anilines is 1. The summed E-state index contributed by atoms with van der Waals surface area (Å²) in [7, 11) is 0. The van der Waals surface area contributed by atoms with Gasteiger partial charge in [-0.25, -0.2) is 19.6 Å². The molecule has 7 nitrogen and oxygen atoms in total. The monoisotopic (exact) mass is 439 g/mol. The number of rotatable bonds is 4. The van der Waals surface area contributed by atoms with Crippen LogP contribution in [0.2, 0.25) is 0 Å². The van der Waals surface area contributed by atoms with Crippen LogP contribution in [0.1, 0.15) is 27.5 Å². The highest BCUT2D eigenvalue weighted by Crippen LogP contribution is 2.44. The Morgan fingerprint density at radius 2 is 1.64 bits per heavy atom. The van der Waals surface area contributed by atoms with Crippen molar-refractivity contribution in [3.63, 3.8) is 0 Å². The van der Waals surface area contributed by atoms with E-state index in [1.54, 1.807) is 0 Å². The van der Waals surface area contributed by atoms with E-state index in [2.05, 4.69) is 43.3 Å². The minimum atomic E-state index is -1.23. The van der Waals surface area contributed by atoms with Crippen LogP contribution in [0.25, 0.3) is 11.1 Å². The number of carbonyl (C=O) groups is 2. The first kappa shape index (κ1) is 18.1. The van der Waals surface area contributed by atoms with Gasteiger partial charge in [0, 0.05) is 5.92 Å². The molecule has 2 aromatic carbocycles. The number of amides is 1. The third-order valence-corrected chi connectivity index (χ3v) is 5.31. The van der Waals surface area contributed by atoms with Crippen molar-refractivity contribution in [2.75, 3.05) is 11.9 Å². The van der Waals surface area contributed by atoms with Crippen LogP contribution in [0.5, 0.6) is 0 Å². The molecule has 1 aromatic heterocycles. The summed E-state index contributed by atoms with van der Waals surface area (Å²) in [6.07, 6.45) is 0.338. The number of nitrogens with one attached hydrogen (secondary N) is 1. The van der Waals surface area contributed by atoms with Crippen molar-refractivity contribution < 1.29 is 19.4 Å². The van der Waals surface area contributed by atoms with Gasteiger partial charge < -0.3 is 9.84 Å². The molecule has 2 N–H and O–H groups in total. The Morgan fingerprint density at radius 1 is 1.04 bits per heavy atom. The lowest BCUT2D eigenvalue weighted by molar-refractivity contribution is 0.0689. The van der Waals surface area contributed by atoms with Crippen molar-refractivity contribution in [1.29, 1.82) is 0 Å². The molecule has 140 valence electrons.